The number of likely N-dealkylation sites (tertiary alicyclic amines) is 2. The van der Waals surface area contributed by atoms with Crippen LogP contribution >= 0.6 is 0 Å². The highest BCUT2D eigenvalue weighted by Crippen LogP contribution is 2.35. The number of aromatic nitrogens is 1. The fourth-order valence-electron chi connectivity index (χ4n) is 4.35. The van der Waals surface area contributed by atoms with Crippen LogP contribution in [0.5, 0.6) is 0 Å². The van der Waals surface area contributed by atoms with Crippen LogP contribution in [-0.4, -0.2) is 39.7 Å². The molecule has 1 aromatic heterocycles. The van der Waals surface area contributed by atoms with Crippen LogP contribution in [0.2, 0.25) is 0 Å². The van der Waals surface area contributed by atoms with Gasteiger partial charge in [-0.05, 0) is 48.2 Å². The molecule has 0 aliphatic carbocycles. The van der Waals surface area contributed by atoms with Crippen LogP contribution in [0.4, 0.5) is 13.2 Å². The van der Waals surface area contributed by atoms with Gasteiger partial charge in [-0.1, -0.05) is 12.1 Å². The lowest BCUT2D eigenvalue weighted by Crippen LogP contribution is -2.37. The molecule has 0 saturated carbocycles. The number of pyridine rings is 1. The molecular formula is C22H22F3N3O2. The standard InChI is InChI=1S/C22H22F3N3O2/c23-22(24,25)18-4-1-3-15(11-18)13-27-14-17(12-20(27)29)21(30)28-10-2-5-19(28)16-6-8-26-9-7-16/h1,3-4,6-9,11,17,19H,2,5,10,12-14H2/t17-,19+/m0/s1. The summed E-state index contributed by atoms with van der Waals surface area (Å²) < 4.78 is 38.8. The Bertz CT molecular complexity index is 933. The van der Waals surface area contributed by atoms with E-state index in [4.69, 9.17) is 0 Å². The van der Waals surface area contributed by atoms with E-state index in [1.54, 1.807) is 18.5 Å². The fourth-order valence-corrected chi connectivity index (χ4v) is 4.35. The van der Waals surface area contributed by atoms with E-state index < -0.39 is 17.7 Å². The first kappa shape index (κ1) is 20.4. The average Bonchev–Trinajstić information content (AvgIpc) is 3.35. The summed E-state index contributed by atoms with van der Waals surface area (Å²) in [7, 11) is 0. The molecule has 3 heterocycles. The van der Waals surface area contributed by atoms with Gasteiger partial charge >= 0.3 is 6.18 Å². The molecule has 0 unspecified atom stereocenters. The molecule has 4 rings (SSSR count). The Morgan fingerprint density at radius 1 is 1.17 bits per heavy atom. The molecule has 2 saturated heterocycles. The summed E-state index contributed by atoms with van der Waals surface area (Å²) in [5.74, 6) is -0.731. The largest absolute Gasteiger partial charge is 0.416 e. The van der Waals surface area contributed by atoms with Crippen molar-refractivity contribution in [3.63, 3.8) is 0 Å². The smallest absolute Gasteiger partial charge is 0.338 e. The second kappa shape index (κ2) is 8.08. The Morgan fingerprint density at radius 2 is 1.93 bits per heavy atom. The molecule has 0 radical (unpaired) electrons. The van der Waals surface area contributed by atoms with Crippen LogP contribution in [0.3, 0.4) is 0 Å². The normalized spacial score (nSPS) is 22.0. The van der Waals surface area contributed by atoms with Gasteiger partial charge < -0.3 is 9.80 Å². The van der Waals surface area contributed by atoms with E-state index in [0.717, 1.165) is 30.5 Å². The third-order valence-electron chi connectivity index (χ3n) is 5.82. The number of nitrogens with zero attached hydrogens (tertiary/aromatic N) is 3. The van der Waals surface area contributed by atoms with Crippen LogP contribution in [0.15, 0.2) is 48.8 Å². The minimum absolute atomic E-state index is 0.0203. The van der Waals surface area contributed by atoms with Crippen molar-refractivity contribution in [1.29, 1.82) is 0 Å². The summed E-state index contributed by atoms with van der Waals surface area (Å²) in [6.45, 7) is 0.942. The van der Waals surface area contributed by atoms with Gasteiger partial charge in [0.25, 0.3) is 0 Å². The van der Waals surface area contributed by atoms with Crippen LogP contribution in [0.1, 0.15) is 42.0 Å². The van der Waals surface area contributed by atoms with E-state index >= 15 is 0 Å². The molecule has 2 fully saturated rings. The Balaban J connectivity index is 1.44. The number of rotatable bonds is 4. The van der Waals surface area contributed by atoms with E-state index in [2.05, 4.69) is 4.98 Å². The van der Waals surface area contributed by atoms with Gasteiger partial charge in [-0.15, -0.1) is 0 Å². The average molecular weight is 417 g/mol. The van der Waals surface area contributed by atoms with Crippen molar-refractivity contribution < 1.29 is 22.8 Å². The van der Waals surface area contributed by atoms with Crippen molar-refractivity contribution >= 4 is 11.8 Å². The van der Waals surface area contributed by atoms with E-state index in [1.165, 1.54) is 11.0 Å². The van der Waals surface area contributed by atoms with E-state index in [9.17, 15) is 22.8 Å². The maximum Gasteiger partial charge on any atom is 0.416 e. The lowest BCUT2D eigenvalue weighted by atomic mass is 10.0. The third kappa shape index (κ3) is 4.17. The number of hydrogen-bond donors (Lipinski definition) is 0. The zero-order valence-electron chi connectivity index (χ0n) is 16.3. The minimum atomic E-state index is -4.43. The van der Waals surface area contributed by atoms with Gasteiger partial charge in [-0.25, -0.2) is 0 Å². The number of carbonyl (C=O) groups excluding carboxylic acids is 2. The topological polar surface area (TPSA) is 53.5 Å². The van der Waals surface area contributed by atoms with Crippen molar-refractivity contribution in [3.8, 4) is 0 Å². The number of benzene rings is 1. The highest BCUT2D eigenvalue weighted by molar-refractivity contribution is 5.89. The first-order valence-electron chi connectivity index (χ1n) is 9.97. The molecular weight excluding hydrogens is 395 g/mol. The SMILES string of the molecule is O=C1C[C@H](C(=O)N2CCC[C@@H]2c2ccncc2)CN1Cc1cccc(C(F)(F)F)c1. The van der Waals surface area contributed by atoms with Gasteiger partial charge in [0, 0.05) is 38.4 Å². The van der Waals surface area contributed by atoms with Crippen LogP contribution in [0.25, 0.3) is 0 Å². The van der Waals surface area contributed by atoms with Gasteiger partial charge in [0.05, 0.1) is 17.5 Å². The molecule has 2 aromatic rings. The highest BCUT2D eigenvalue weighted by atomic mass is 19.4. The van der Waals surface area contributed by atoms with Crippen molar-refractivity contribution in [2.45, 2.75) is 38.0 Å². The van der Waals surface area contributed by atoms with Gasteiger partial charge in [-0.2, -0.15) is 13.2 Å². The fraction of sp³-hybridized carbons (Fsp3) is 0.409. The number of carbonyl (C=O) groups is 2. The molecule has 30 heavy (non-hydrogen) atoms. The third-order valence-corrected chi connectivity index (χ3v) is 5.82. The van der Waals surface area contributed by atoms with Gasteiger partial charge in [0.1, 0.15) is 0 Å². The molecule has 1 aromatic carbocycles. The Labute approximate surface area is 172 Å². The van der Waals surface area contributed by atoms with Gasteiger partial charge in [-0.3, -0.25) is 14.6 Å². The Hall–Kier alpha value is -2.90. The minimum Gasteiger partial charge on any atom is -0.338 e. The lowest BCUT2D eigenvalue weighted by Gasteiger charge is -2.27. The van der Waals surface area contributed by atoms with Gasteiger partial charge in [0.15, 0.2) is 0 Å². The molecule has 0 bridgehead atoms. The van der Waals surface area contributed by atoms with Crippen molar-refractivity contribution in [1.82, 2.24) is 14.8 Å². The van der Waals surface area contributed by atoms with Crippen LogP contribution < -0.4 is 0 Å². The molecule has 5 nitrogen and oxygen atoms in total. The van der Waals surface area contributed by atoms with Crippen LogP contribution in [0, 0.1) is 5.92 Å². The summed E-state index contributed by atoms with van der Waals surface area (Å²) in [6, 6.07) is 8.75. The van der Waals surface area contributed by atoms with E-state index in [-0.39, 0.29) is 37.4 Å². The molecule has 2 aliphatic rings. The van der Waals surface area contributed by atoms with Crippen molar-refractivity contribution in [3.05, 3.63) is 65.5 Å². The summed E-state index contributed by atoms with van der Waals surface area (Å²) >= 11 is 0. The molecule has 8 heteroatoms. The van der Waals surface area contributed by atoms with E-state index in [0.29, 0.717) is 12.1 Å². The first-order valence-corrected chi connectivity index (χ1v) is 9.97. The number of amides is 2. The maximum atomic E-state index is 13.1. The number of alkyl halides is 3. The molecule has 2 atom stereocenters. The highest BCUT2D eigenvalue weighted by Gasteiger charge is 2.40. The lowest BCUT2D eigenvalue weighted by molar-refractivity contribution is -0.138. The maximum absolute atomic E-state index is 13.1. The van der Waals surface area contributed by atoms with Crippen LogP contribution in [-0.2, 0) is 22.3 Å². The number of halogens is 3. The Kier molecular flexibility index (Phi) is 5.49. The van der Waals surface area contributed by atoms with Crippen molar-refractivity contribution in [2.24, 2.45) is 5.92 Å². The zero-order chi connectivity index (χ0) is 21.3. The monoisotopic (exact) mass is 417 g/mol. The first-order chi connectivity index (χ1) is 14.3. The summed E-state index contributed by atoms with van der Waals surface area (Å²) in [6.07, 6.45) is 0.828. The zero-order valence-corrected chi connectivity index (χ0v) is 16.3. The Morgan fingerprint density at radius 3 is 2.67 bits per heavy atom. The second-order valence-corrected chi connectivity index (χ2v) is 7.84. The predicted molar refractivity (Wildman–Crippen MR) is 103 cm³/mol. The van der Waals surface area contributed by atoms with Crippen molar-refractivity contribution in [2.75, 3.05) is 13.1 Å². The van der Waals surface area contributed by atoms with Gasteiger partial charge in [0.2, 0.25) is 11.8 Å². The van der Waals surface area contributed by atoms with E-state index in [1.807, 2.05) is 17.0 Å². The molecule has 0 N–H and O–H groups in total. The molecule has 2 aliphatic heterocycles. The molecule has 0 spiro atoms. The molecule has 2 amide bonds. The summed E-state index contributed by atoms with van der Waals surface area (Å²) in [5.41, 5.74) is 0.694. The second-order valence-electron chi connectivity index (χ2n) is 7.84. The number of hydrogen-bond acceptors (Lipinski definition) is 3. The summed E-state index contributed by atoms with van der Waals surface area (Å²) in [5, 5.41) is 0. The quantitative estimate of drug-likeness (QED) is 0.760. The molecule has 158 valence electrons. The summed E-state index contributed by atoms with van der Waals surface area (Å²) in [4.78, 5) is 32.9. The predicted octanol–water partition coefficient (Wildman–Crippen LogP) is 3.81.